The minimum absolute atomic E-state index is 0.112. The van der Waals surface area contributed by atoms with Crippen LogP contribution in [-0.2, 0) is 14.2 Å². The first kappa shape index (κ1) is 18.2. The third-order valence-electron chi connectivity index (χ3n) is 2.29. The fraction of sp³-hybridized carbons (Fsp3) is 0.800. The maximum absolute atomic E-state index is 12.0. The second-order valence-electron chi connectivity index (χ2n) is 4.94. The van der Waals surface area contributed by atoms with Gasteiger partial charge in [0.15, 0.2) is 0 Å². The van der Waals surface area contributed by atoms with Crippen molar-refractivity contribution in [2.45, 2.75) is 39.3 Å². The second kappa shape index (κ2) is 7.12. The lowest BCUT2D eigenvalue weighted by atomic mass is 10.0. The lowest BCUT2D eigenvalue weighted by molar-refractivity contribution is -0.145. The molecule has 2 atom stereocenters. The highest BCUT2D eigenvalue weighted by Gasteiger charge is 2.33. The number of amides is 2. The number of carbonyl (C=O) groups is 2. The zero-order chi connectivity index (χ0) is 15.4. The molecule has 0 spiro atoms. The van der Waals surface area contributed by atoms with Crippen molar-refractivity contribution in [2.24, 2.45) is 17.4 Å². The van der Waals surface area contributed by atoms with Gasteiger partial charge < -0.3 is 21.3 Å². The van der Waals surface area contributed by atoms with Crippen molar-refractivity contribution in [2.75, 3.05) is 6.29 Å². The van der Waals surface area contributed by atoms with Gasteiger partial charge in [0.1, 0.15) is 6.29 Å². The number of imide groups is 1. The fourth-order valence-corrected chi connectivity index (χ4v) is 2.13. The first-order valence-electron chi connectivity index (χ1n) is 5.86. The van der Waals surface area contributed by atoms with Crippen LogP contribution in [0.5, 0.6) is 0 Å². The summed E-state index contributed by atoms with van der Waals surface area (Å²) >= 11 is 0. The van der Waals surface area contributed by atoms with Gasteiger partial charge in [0.2, 0.25) is 11.8 Å². The van der Waals surface area contributed by atoms with E-state index >= 15 is 0 Å². The Morgan fingerprint density at radius 1 is 1.16 bits per heavy atom. The molecule has 0 unspecified atom stereocenters. The van der Waals surface area contributed by atoms with E-state index in [0.29, 0.717) is 11.3 Å². The van der Waals surface area contributed by atoms with E-state index in [0.717, 1.165) is 0 Å². The summed E-state index contributed by atoms with van der Waals surface area (Å²) in [6, 6.07) is -2.03. The van der Waals surface area contributed by atoms with Crippen LogP contribution in [0.2, 0.25) is 0 Å². The molecular weight excluding hydrogens is 273 g/mol. The molecule has 0 aromatic heterocycles. The minimum Gasteiger partial charge on any atom is -0.323 e. The van der Waals surface area contributed by atoms with Crippen LogP contribution in [0.3, 0.4) is 0 Å². The lowest BCUT2D eigenvalue weighted by Crippen LogP contribution is -2.51. The van der Waals surface area contributed by atoms with Crippen molar-refractivity contribution >= 4 is 19.4 Å². The van der Waals surface area contributed by atoms with Crippen LogP contribution in [0.4, 0.5) is 0 Å². The Balaban J connectivity index is 5.08. The van der Waals surface area contributed by atoms with Crippen molar-refractivity contribution in [3.05, 3.63) is 0 Å². The molecule has 0 saturated heterocycles. The Morgan fingerprint density at radius 3 is 1.95 bits per heavy atom. The molecule has 0 heterocycles. The molecule has 9 heteroatoms. The maximum Gasteiger partial charge on any atom is 0.345 e. The van der Waals surface area contributed by atoms with Crippen LogP contribution in [0.15, 0.2) is 0 Å². The summed E-state index contributed by atoms with van der Waals surface area (Å²) in [6.45, 7) is 5.01. The summed E-state index contributed by atoms with van der Waals surface area (Å²) in [5.74, 6) is -1.56. The Kier molecular flexibility index (Phi) is 6.82. The SMILES string of the molecule is CC(C)C[C@H](N)C(=O)N(CP(=O)(O)O)C(=O)[C@H](C)N. The summed E-state index contributed by atoms with van der Waals surface area (Å²) < 4.78 is 11.0. The Morgan fingerprint density at radius 2 is 1.63 bits per heavy atom. The molecule has 2 amide bonds. The Hall–Kier alpha value is -0.790. The van der Waals surface area contributed by atoms with E-state index in [1.54, 1.807) is 0 Å². The summed E-state index contributed by atoms with van der Waals surface area (Å²) in [5.41, 5.74) is 11.0. The van der Waals surface area contributed by atoms with Gasteiger partial charge in [0.05, 0.1) is 12.1 Å². The van der Waals surface area contributed by atoms with Crippen LogP contribution < -0.4 is 11.5 Å². The van der Waals surface area contributed by atoms with Crippen LogP contribution in [0.1, 0.15) is 27.2 Å². The van der Waals surface area contributed by atoms with E-state index in [1.807, 2.05) is 13.8 Å². The van der Waals surface area contributed by atoms with E-state index in [9.17, 15) is 14.2 Å². The summed E-state index contributed by atoms with van der Waals surface area (Å²) in [5, 5.41) is 0. The zero-order valence-electron chi connectivity index (χ0n) is 11.3. The van der Waals surface area contributed by atoms with Gasteiger partial charge in [-0.3, -0.25) is 19.1 Å². The van der Waals surface area contributed by atoms with Gasteiger partial charge >= 0.3 is 7.60 Å². The van der Waals surface area contributed by atoms with E-state index in [2.05, 4.69) is 0 Å². The van der Waals surface area contributed by atoms with E-state index in [4.69, 9.17) is 21.3 Å². The van der Waals surface area contributed by atoms with Gasteiger partial charge in [-0.2, -0.15) is 0 Å². The van der Waals surface area contributed by atoms with Crippen LogP contribution in [-0.4, -0.2) is 44.9 Å². The molecule has 0 aliphatic heterocycles. The molecule has 0 saturated carbocycles. The molecule has 0 bridgehead atoms. The number of rotatable bonds is 6. The largest absolute Gasteiger partial charge is 0.345 e. The van der Waals surface area contributed by atoms with E-state index in [-0.39, 0.29) is 5.92 Å². The highest BCUT2D eigenvalue weighted by atomic mass is 31.2. The quantitative estimate of drug-likeness (QED) is 0.469. The maximum atomic E-state index is 12.0. The second-order valence-corrected chi connectivity index (χ2v) is 6.55. The van der Waals surface area contributed by atoms with Crippen LogP contribution in [0.25, 0.3) is 0 Å². The first-order chi connectivity index (χ1) is 8.45. The standard InChI is InChI=1S/C10H22N3O5P/c1-6(2)4-8(12)10(15)13(5-19(16,17)18)9(14)7(3)11/h6-8H,4-5,11-12H2,1-3H3,(H2,16,17,18)/t7-,8-/m0/s1. The topological polar surface area (TPSA) is 147 Å². The van der Waals surface area contributed by atoms with E-state index in [1.165, 1.54) is 6.92 Å². The minimum atomic E-state index is -4.57. The zero-order valence-corrected chi connectivity index (χ0v) is 12.2. The van der Waals surface area contributed by atoms with Gasteiger partial charge in [-0.05, 0) is 19.3 Å². The molecule has 112 valence electrons. The molecule has 0 aromatic rings. The van der Waals surface area contributed by atoms with Gasteiger partial charge in [0.25, 0.3) is 0 Å². The monoisotopic (exact) mass is 295 g/mol. The summed E-state index contributed by atoms with van der Waals surface area (Å²) in [4.78, 5) is 42.0. The molecule has 0 aliphatic rings. The van der Waals surface area contributed by atoms with Crippen molar-refractivity contribution < 1.29 is 23.9 Å². The molecular formula is C10H22N3O5P. The predicted octanol–water partition coefficient (Wildman–Crippen LogP) is -0.803. The summed E-state index contributed by atoms with van der Waals surface area (Å²) in [7, 11) is -4.57. The van der Waals surface area contributed by atoms with Gasteiger partial charge in [-0.1, -0.05) is 13.8 Å². The van der Waals surface area contributed by atoms with Crippen molar-refractivity contribution in [1.82, 2.24) is 4.90 Å². The molecule has 0 fully saturated rings. The number of nitrogens with two attached hydrogens (primary N) is 2. The van der Waals surface area contributed by atoms with Gasteiger partial charge in [-0.15, -0.1) is 0 Å². The van der Waals surface area contributed by atoms with Crippen molar-refractivity contribution in [1.29, 1.82) is 0 Å². The number of nitrogens with zero attached hydrogens (tertiary/aromatic N) is 1. The molecule has 0 rings (SSSR count). The third-order valence-corrected chi connectivity index (χ3v) is 2.94. The highest BCUT2D eigenvalue weighted by molar-refractivity contribution is 7.51. The summed E-state index contributed by atoms with van der Waals surface area (Å²) in [6.07, 6.45) is -0.694. The van der Waals surface area contributed by atoms with Crippen molar-refractivity contribution in [3.63, 3.8) is 0 Å². The fourth-order valence-electron chi connectivity index (χ4n) is 1.49. The van der Waals surface area contributed by atoms with Gasteiger partial charge in [-0.25, -0.2) is 0 Å². The smallest absolute Gasteiger partial charge is 0.323 e. The number of hydrogen-bond donors (Lipinski definition) is 4. The van der Waals surface area contributed by atoms with Crippen LogP contribution in [0, 0.1) is 5.92 Å². The van der Waals surface area contributed by atoms with Crippen LogP contribution >= 0.6 is 7.60 Å². The predicted molar refractivity (Wildman–Crippen MR) is 69.8 cm³/mol. The number of hydrogen-bond acceptors (Lipinski definition) is 5. The molecule has 8 nitrogen and oxygen atoms in total. The van der Waals surface area contributed by atoms with Crippen molar-refractivity contribution in [3.8, 4) is 0 Å². The molecule has 0 radical (unpaired) electrons. The molecule has 6 N–H and O–H groups in total. The lowest BCUT2D eigenvalue weighted by Gasteiger charge is -2.26. The first-order valence-corrected chi connectivity index (χ1v) is 7.66. The highest BCUT2D eigenvalue weighted by Crippen LogP contribution is 2.35. The van der Waals surface area contributed by atoms with E-state index < -0.39 is 37.8 Å². The average Bonchev–Trinajstić information content (AvgIpc) is 2.21. The molecule has 0 aromatic carbocycles. The Labute approximate surface area is 112 Å². The molecule has 19 heavy (non-hydrogen) atoms. The average molecular weight is 295 g/mol. The number of carbonyl (C=O) groups excluding carboxylic acids is 2. The third kappa shape index (κ3) is 6.79. The Bertz CT molecular complexity index is 379. The van der Waals surface area contributed by atoms with Gasteiger partial charge in [0, 0.05) is 0 Å². The molecule has 0 aliphatic carbocycles. The normalized spacial score (nSPS) is 15.2.